The van der Waals surface area contributed by atoms with Gasteiger partial charge in [-0.05, 0) is 17.2 Å². The summed E-state index contributed by atoms with van der Waals surface area (Å²) in [6, 6.07) is 18.5. The van der Waals surface area contributed by atoms with Crippen LogP contribution in [-0.4, -0.2) is 24.0 Å². The predicted octanol–water partition coefficient (Wildman–Crippen LogP) is 4.31. The molecule has 29 heavy (non-hydrogen) atoms. The lowest BCUT2D eigenvalue weighted by molar-refractivity contribution is -0.384. The van der Waals surface area contributed by atoms with Gasteiger partial charge < -0.3 is 9.47 Å². The van der Waals surface area contributed by atoms with Gasteiger partial charge in [0.1, 0.15) is 0 Å². The normalized spacial score (nSPS) is 12.0. The average Bonchev–Trinajstić information content (AvgIpc) is 3.06. The molecule has 0 bridgehead atoms. The standard InChI is InChI=1S/C22H15NO6/c1-28-21(24)13-10-14(12-15(11-13)23(26)27)22(25)29-20-18-8-4-2-6-16(18)17-7-3-5-9-19(17)20/h2-12,20H,1H3. The number of fused-ring (bicyclic) bond motifs is 3. The van der Waals surface area contributed by atoms with E-state index in [4.69, 9.17) is 4.74 Å². The third kappa shape index (κ3) is 3.23. The summed E-state index contributed by atoms with van der Waals surface area (Å²) >= 11 is 0. The van der Waals surface area contributed by atoms with Gasteiger partial charge in [-0.1, -0.05) is 48.5 Å². The van der Waals surface area contributed by atoms with Crippen molar-refractivity contribution in [3.8, 4) is 11.1 Å². The maximum atomic E-state index is 12.9. The molecule has 0 amide bonds. The lowest BCUT2D eigenvalue weighted by atomic mass is 10.1. The van der Waals surface area contributed by atoms with Crippen LogP contribution in [0, 0.1) is 10.1 Å². The van der Waals surface area contributed by atoms with E-state index < -0.39 is 28.7 Å². The van der Waals surface area contributed by atoms with E-state index in [1.807, 2.05) is 48.5 Å². The first kappa shape index (κ1) is 18.4. The number of nitro groups is 1. The Kier molecular flexibility index (Phi) is 4.56. The second kappa shape index (κ2) is 7.20. The summed E-state index contributed by atoms with van der Waals surface area (Å²) < 4.78 is 10.4. The van der Waals surface area contributed by atoms with Crippen molar-refractivity contribution >= 4 is 17.6 Å². The first-order valence-corrected chi connectivity index (χ1v) is 8.76. The second-order valence-electron chi connectivity index (χ2n) is 6.48. The number of nitrogens with zero attached hydrogens (tertiary/aromatic N) is 1. The van der Waals surface area contributed by atoms with Crippen LogP contribution in [-0.2, 0) is 9.47 Å². The molecule has 3 aromatic carbocycles. The smallest absolute Gasteiger partial charge is 0.339 e. The van der Waals surface area contributed by atoms with Gasteiger partial charge in [-0.2, -0.15) is 0 Å². The van der Waals surface area contributed by atoms with Crippen molar-refractivity contribution in [1.82, 2.24) is 0 Å². The third-order valence-corrected chi connectivity index (χ3v) is 4.79. The molecule has 0 atom stereocenters. The highest BCUT2D eigenvalue weighted by molar-refractivity contribution is 5.97. The van der Waals surface area contributed by atoms with Gasteiger partial charge in [-0.25, -0.2) is 9.59 Å². The van der Waals surface area contributed by atoms with E-state index in [0.717, 1.165) is 41.5 Å². The fourth-order valence-corrected chi connectivity index (χ4v) is 3.48. The van der Waals surface area contributed by atoms with Gasteiger partial charge in [0.05, 0.1) is 23.2 Å². The first-order chi connectivity index (χ1) is 14.0. The molecule has 144 valence electrons. The summed E-state index contributed by atoms with van der Waals surface area (Å²) in [5.74, 6) is -1.55. The maximum Gasteiger partial charge on any atom is 0.339 e. The Labute approximate surface area is 165 Å². The quantitative estimate of drug-likeness (QED) is 0.375. The molecule has 0 N–H and O–H groups in total. The number of esters is 2. The molecule has 7 heteroatoms. The molecular formula is C22H15NO6. The van der Waals surface area contributed by atoms with Crippen molar-refractivity contribution < 1.29 is 24.0 Å². The van der Waals surface area contributed by atoms with Crippen LogP contribution in [0.15, 0.2) is 66.7 Å². The van der Waals surface area contributed by atoms with E-state index in [2.05, 4.69) is 4.74 Å². The zero-order valence-electron chi connectivity index (χ0n) is 15.3. The molecule has 0 aliphatic heterocycles. The van der Waals surface area contributed by atoms with Gasteiger partial charge in [0.15, 0.2) is 6.10 Å². The van der Waals surface area contributed by atoms with Gasteiger partial charge in [-0.15, -0.1) is 0 Å². The monoisotopic (exact) mass is 389 g/mol. The summed E-state index contributed by atoms with van der Waals surface area (Å²) in [5.41, 5.74) is 3.01. The lowest BCUT2D eigenvalue weighted by Gasteiger charge is -2.15. The van der Waals surface area contributed by atoms with Crippen LogP contribution in [0.1, 0.15) is 37.9 Å². The minimum absolute atomic E-state index is 0.0959. The molecule has 0 spiro atoms. The van der Waals surface area contributed by atoms with Crippen molar-refractivity contribution in [2.75, 3.05) is 7.11 Å². The van der Waals surface area contributed by atoms with Crippen LogP contribution in [0.3, 0.4) is 0 Å². The average molecular weight is 389 g/mol. The Morgan fingerprint density at radius 3 is 1.90 bits per heavy atom. The van der Waals surface area contributed by atoms with E-state index in [-0.39, 0.29) is 11.1 Å². The molecular weight excluding hydrogens is 374 g/mol. The molecule has 3 aromatic rings. The molecule has 0 radical (unpaired) electrons. The Bertz CT molecular complexity index is 1110. The Hall–Kier alpha value is -4.00. The number of rotatable bonds is 4. The van der Waals surface area contributed by atoms with Crippen molar-refractivity contribution in [1.29, 1.82) is 0 Å². The number of nitro benzene ring substituents is 1. The highest BCUT2D eigenvalue weighted by Gasteiger charge is 2.32. The molecule has 0 saturated heterocycles. The van der Waals surface area contributed by atoms with Crippen molar-refractivity contribution in [2.24, 2.45) is 0 Å². The predicted molar refractivity (Wildman–Crippen MR) is 104 cm³/mol. The van der Waals surface area contributed by atoms with E-state index in [1.54, 1.807) is 0 Å². The number of carbonyl (C=O) groups is 2. The van der Waals surface area contributed by atoms with Gasteiger partial charge >= 0.3 is 11.9 Å². The second-order valence-corrected chi connectivity index (χ2v) is 6.48. The number of benzene rings is 3. The topological polar surface area (TPSA) is 95.7 Å². The van der Waals surface area contributed by atoms with E-state index in [0.29, 0.717) is 0 Å². The number of hydrogen-bond acceptors (Lipinski definition) is 6. The third-order valence-electron chi connectivity index (χ3n) is 4.79. The van der Waals surface area contributed by atoms with Crippen LogP contribution in [0.5, 0.6) is 0 Å². The SMILES string of the molecule is COC(=O)c1cc(C(=O)OC2c3ccccc3-c3ccccc32)cc([N+](=O)[O-])c1. The zero-order valence-corrected chi connectivity index (χ0v) is 15.3. The molecule has 4 rings (SSSR count). The Balaban J connectivity index is 1.73. The number of ether oxygens (including phenoxy) is 2. The van der Waals surface area contributed by atoms with Crippen LogP contribution < -0.4 is 0 Å². The minimum Gasteiger partial charge on any atom is -0.465 e. The molecule has 0 heterocycles. The highest BCUT2D eigenvalue weighted by Crippen LogP contribution is 2.45. The van der Waals surface area contributed by atoms with Crippen molar-refractivity contribution in [3.63, 3.8) is 0 Å². The lowest BCUT2D eigenvalue weighted by Crippen LogP contribution is -2.13. The van der Waals surface area contributed by atoms with Crippen LogP contribution >= 0.6 is 0 Å². The largest absolute Gasteiger partial charge is 0.465 e. The van der Waals surface area contributed by atoms with E-state index in [1.165, 1.54) is 6.07 Å². The number of hydrogen-bond donors (Lipinski definition) is 0. The molecule has 0 aromatic heterocycles. The summed E-state index contributed by atoms with van der Waals surface area (Å²) in [4.78, 5) is 35.2. The summed E-state index contributed by atoms with van der Waals surface area (Å²) in [7, 11) is 1.16. The molecule has 1 aliphatic carbocycles. The number of methoxy groups -OCH3 is 1. The number of carbonyl (C=O) groups excluding carboxylic acids is 2. The summed E-state index contributed by atoms with van der Waals surface area (Å²) in [6.45, 7) is 0. The van der Waals surface area contributed by atoms with Gasteiger partial charge in [0.25, 0.3) is 5.69 Å². The fourth-order valence-electron chi connectivity index (χ4n) is 3.48. The Morgan fingerprint density at radius 2 is 1.38 bits per heavy atom. The summed E-state index contributed by atoms with van der Waals surface area (Å²) in [5, 5.41) is 11.2. The first-order valence-electron chi connectivity index (χ1n) is 8.76. The minimum atomic E-state index is -0.778. The maximum absolute atomic E-state index is 12.9. The Morgan fingerprint density at radius 1 is 0.862 bits per heavy atom. The summed E-state index contributed by atoms with van der Waals surface area (Å²) in [6.07, 6.45) is -0.643. The molecule has 0 fully saturated rings. The van der Waals surface area contributed by atoms with Crippen molar-refractivity contribution in [2.45, 2.75) is 6.10 Å². The number of non-ortho nitro benzene ring substituents is 1. The van der Waals surface area contributed by atoms with Gasteiger partial charge in [0, 0.05) is 23.3 Å². The fraction of sp³-hybridized carbons (Fsp3) is 0.0909. The van der Waals surface area contributed by atoms with Crippen molar-refractivity contribution in [3.05, 3.63) is 99.1 Å². The molecule has 0 saturated carbocycles. The van der Waals surface area contributed by atoms with Crippen LogP contribution in [0.2, 0.25) is 0 Å². The molecule has 1 aliphatic rings. The van der Waals surface area contributed by atoms with E-state index in [9.17, 15) is 19.7 Å². The van der Waals surface area contributed by atoms with Gasteiger partial charge in [0.2, 0.25) is 0 Å². The van der Waals surface area contributed by atoms with E-state index >= 15 is 0 Å². The molecule has 0 unspecified atom stereocenters. The van der Waals surface area contributed by atoms with Crippen LogP contribution in [0.4, 0.5) is 5.69 Å². The zero-order chi connectivity index (χ0) is 20.5. The van der Waals surface area contributed by atoms with Gasteiger partial charge in [-0.3, -0.25) is 10.1 Å². The van der Waals surface area contributed by atoms with Crippen LogP contribution in [0.25, 0.3) is 11.1 Å². The molecule has 7 nitrogen and oxygen atoms in total. The highest BCUT2D eigenvalue weighted by atomic mass is 16.6.